The highest BCUT2D eigenvalue weighted by Gasteiger charge is 2.06. The van der Waals surface area contributed by atoms with Crippen molar-refractivity contribution in [3.8, 4) is 0 Å². The van der Waals surface area contributed by atoms with E-state index in [0.29, 0.717) is 13.0 Å². The highest BCUT2D eigenvalue weighted by Crippen LogP contribution is 1.93. The van der Waals surface area contributed by atoms with Gasteiger partial charge in [-0.1, -0.05) is 6.92 Å². The molecule has 4 heteroatoms. The van der Waals surface area contributed by atoms with Crippen LogP contribution in [0.3, 0.4) is 0 Å². The molecule has 0 rings (SSSR count). The van der Waals surface area contributed by atoms with Crippen LogP contribution >= 0.6 is 0 Å². The Kier molecular flexibility index (Phi) is 8.57. The largest absolute Gasteiger partial charge is 0.466 e. The molecule has 0 aromatic carbocycles. The summed E-state index contributed by atoms with van der Waals surface area (Å²) < 4.78 is 4.86. The van der Waals surface area contributed by atoms with Crippen LogP contribution in [0.5, 0.6) is 0 Å². The molecule has 0 radical (unpaired) electrons. The van der Waals surface area contributed by atoms with Crippen molar-refractivity contribution in [1.29, 1.82) is 0 Å². The number of ether oxygens (including phenoxy) is 1. The van der Waals surface area contributed by atoms with Gasteiger partial charge in [0.15, 0.2) is 0 Å². The molecule has 0 aliphatic rings. The molecule has 0 spiro atoms. The number of hydrogen-bond acceptors (Lipinski definition) is 4. The Hall–Kier alpha value is -0.610. The quantitative estimate of drug-likeness (QED) is 0.581. The molecule has 0 saturated heterocycles. The summed E-state index contributed by atoms with van der Waals surface area (Å²) in [6.07, 6.45) is 0.491. The summed E-state index contributed by atoms with van der Waals surface area (Å²) in [6.45, 7) is 8.10. The Balaban J connectivity index is 3.55. The lowest BCUT2D eigenvalue weighted by Gasteiger charge is -2.19. The molecule has 0 aliphatic heterocycles. The summed E-state index contributed by atoms with van der Waals surface area (Å²) in [7, 11) is 1.93. The number of hydrogen-bond donors (Lipinski definition) is 1. The summed E-state index contributed by atoms with van der Waals surface area (Å²) in [5.74, 6) is -0.101. The molecule has 0 fully saturated rings. The van der Waals surface area contributed by atoms with E-state index in [1.165, 1.54) is 0 Å². The first kappa shape index (κ1) is 13.4. The van der Waals surface area contributed by atoms with Crippen LogP contribution in [0.15, 0.2) is 0 Å². The van der Waals surface area contributed by atoms with Crippen molar-refractivity contribution in [2.45, 2.75) is 20.3 Å². The highest BCUT2D eigenvalue weighted by atomic mass is 16.5. The molecule has 0 atom stereocenters. The Labute approximate surface area is 86.6 Å². The molecule has 0 heterocycles. The van der Waals surface area contributed by atoms with Crippen LogP contribution in [-0.2, 0) is 9.53 Å². The van der Waals surface area contributed by atoms with Gasteiger partial charge in [-0.25, -0.2) is 0 Å². The van der Waals surface area contributed by atoms with Crippen LogP contribution in [0, 0.1) is 0 Å². The third-order valence-electron chi connectivity index (χ3n) is 2.06. The van der Waals surface area contributed by atoms with Gasteiger partial charge in [0.2, 0.25) is 0 Å². The maximum absolute atomic E-state index is 11.1. The lowest BCUT2D eigenvalue weighted by Crippen LogP contribution is -2.32. The first-order valence-corrected chi connectivity index (χ1v) is 5.27. The van der Waals surface area contributed by atoms with Crippen molar-refractivity contribution in [2.75, 3.05) is 39.8 Å². The summed E-state index contributed by atoms with van der Waals surface area (Å²) in [6, 6.07) is 0. The maximum atomic E-state index is 11.1. The summed E-state index contributed by atoms with van der Waals surface area (Å²) in [4.78, 5) is 13.3. The molecule has 0 saturated carbocycles. The minimum Gasteiger partial charge on any atom is -0.466 e. The average molecular weight is 202 g/mol. The number of rotatable bonds is 8. The fourth-order valence-corrected chi connectivity index (χ4v) is 1.18. The van der Waals surface area contributed by atoms with Crippen LogP contribution < -0.4 is 5.32 Å². The molecule has 1 N–H and O–H groups in total. The predicted octanol–water partition coefficient (Wildman–Crippen LogP) is 0.481. The maximum Gasteiger partial charge on any atom is 0.307 e. The van der Waals surface area contributed by atoms with Gasteiger partial charge in [0.25, 0.3) is 0 Å². The highest BCUT2D eigenvalue weighted by molar-refractivity contribution is 5.69. The van der Waals surface area contributed by atoms with Crippen molar-refractivity contribution in [1.82, 2.24) is 10.2 Å². The zero-order valence-electron chi connectivity index (χ0n) is 9.51. The molecule has 0 aromatic heterocycles. The fourth-order valence-electron chi connectivity index (χ4n) is 1.18. The van der Waals surface area contributed by atoms with Gasteiger partial charge in [-0.15, -0.1) is 0 Å². The number of esters is 1. The van der Waals surface area contributed by atoms with Crippen LogP contribution in [0.1, 0.15) is 20.3 Å². The van der Waals surface area contributed by atoms with E-state index in [9.17, 15) is 4.79 Å². The fraction of sp³-hybridized carbons (Fsp3) is 0.900. The molecule has 0 aliphatic carbocycles. The van der Waals surface area contributed by atoms with Gasteiger partial charge in [0.1, 0.15) is 0 Å². The second kappa shape index (κ2) is 8.97. The molecule has 0 aromatic rings. The smallest absolute Gasteiger partial charge is 0.307 e. The number of carbonyl (C=O) groups is 1. The van der Waals surface area contributed by atoms with E-state index in [2.05, 4.69) is 17.1 Å². The molecular weight excluding hydrogens is 180 g/mol. The van der Waals surface area contributed by atoms with E-state index in [4.69, 9.17) is 4.74 Å². The van der Waals surface area contributed by atoms with Crippen LogP contribution in [-0.4, -0.2) is 50.7 Å². The van der Waals surface area contributed by atoms with Crippen molar-refractivity contribution in [3.05, 3.63) is 0 Å². The van der Waals surface area contributed by atoms with E-state index >= 15 is 0 Å². The predicted molar refractivity (Wildman–Crippen MR) is 57.3 cm³/mol. The van der Waals surface area contributed by atoms with E-state index in [1.807, 2.05) is 14.0 Å². The van der Waals surface area contributed by atoms with Crippen LogP contribution in [0.2, 0.25) is 0 Å². The Bertz CT molecular complexity index is 151. The van der Waals surface area contributed by atoms with Gasteiger partial charge >= 0.3 is 5.97 Å². The van der Waals surface area contributed by atoms with Gasteiger partial charge in [-0.2, -0.15) is 0 Å². The topological polar surface area (TPSA) is 41.6 Å². The van der Waals surface area contributed by atoms with E-state index < -0.39 is 0 Å². The first-order chi connectivity index (χ1) is 6.74. The second-order valence-electron chi connectivity index (χ2n) is 3.09. The van der Waals surface area contributed by atoms with E-state index in [-0.39, 0.29) is 5.97 Å². The summed E-state index contributed by atoms with van der Waals surface area (Å²) >= 11 is 0. The van der Waals surface area contributed by atoms with Crippen LogP contribution in [0.4, 0.5) is 0 Å². The average Bonchev–Trinajstić information content (AvgIpc) is 2.19. The number of likely N-dealkylation sites (N-methyl/N-ethyl adjacent to an activating group) is 2. The molecule has 0 amide bonds. The normalized spacial score (nSPS) is 10.6. The van der Waals surface area contributed by atoms with E-state index in [0.717, 1.165) is 26.2 Å². The SMILES string of the molecule is CCOC(=O)CCN(CC)CCNC. The zero-order chi connectivity index (χ0) is 10.8. The first-order valence-electron chi connectivity index (χ1n) is 5.27. The Morgan fingerprint density at radius 2 is 2.07 bits per heavy atom. The standard InChI is InChI=1S/C10H22N2O2/c1-4-12(9-7-11-3)8-6-10(13)14-5-2/h11H,4-9H2,1-3H3. The van der Waals surface area contributed by atoms with Gasteiger partial charge < -0.3 is 15.0 Å². The van der Waals surface area contributed by atoms with E-state index in [1.54, 1.807) is 0 Å². The van der Waals surface area contributed by atoms with Gasteiger partial charge in [0, 0.05) is 19.6 Å². The molecule has 0 bridgehead atoms. The molecule has 84 valence electrons. The molecule has 4 nitrogen and oxygen atoms in total. The van der Waals surface area contributed by atoms with Crippen molar-refractivity contribution in [2.24, 2.45) is 0 Å². The number of nitrogens with zero attached hydrogens (tertiary/aromatic N) is 1. The summed E-state index contributed by atoms with van der Waals surface area (Å²) in [5.41, 5.74) is 0. The zero-order valence-corrected chi connectivity index (χ0v) is 9.51. The van der Waals surface area contributed by atoms with Crippen molar-refractivity contribution >= 4 is 5.97 Å². The second-order valence-corrected chi connectivity index (χ2v) is 3.09. The van der Waals surface area contributed by atoms with Crippen molar-refractivity contribution in [3.63, 3.8) is 0 Å². The third-order valence-corrected chi connectivity index (χ3v) is 2.06. The lowest BCUT2D eigenvalue weighted by molar-refractivity contribution is -0.143. The van der Waals surface area contributed by atoms with Gasteiger partial charge in [-0.3, -0.25) is 4.79 Å². The monoisotopic (exact) mass is 202 g/mol. The summed E-state index contributed by atoms with van der Waals surface area (Å²) in [5, 5.41) is 3.09. The van der Waals surface area contributed by atoms with Crippen LogP contribution in [0.25, 0.3) is 0 Å². The third kappa shape index (κ3) is 6.86. The number of carbonyl (C=O) groups excluding carboxylic acids is 1. The van der Waals surface area contributed by atoms with Crippen molar-refractivity contribution < 1.29 is 9.53 Å². The minimum absolute atomic E-state index is 0.101. The van der Waals surface area contributed by atoms with Gasteiger partial charge in [0.05, 0.1) is 13.0 Å². The Morgan fingerprint density at radius 3 is 2.57 bits per heavy atom. The molecule has 0 unspecified atom stereocenters. The lowest BCUT2D eigenvalue weighted by atomic mass is 10.3. The molecular formula is C10H22N2O2. The Morgan fingerprint density at radius 1 is 1.36 bits per heavy atom. The van der Waals surface area contributed by atoms with Gasteiger partial charge in [-0.05, 0) is 20.5 Å². The number of nitrogens with one attached hydrogen (secondary N) is 1. The minimum atomic E-state index is -0.101. The molecule has 14 heavy (non-hydrogen) atoms.